The van der Waals surface area contributed by atoms with Crippen LogP contribution in [0.5, 0.6) is 5.75 Å². The van der Waals surface area contributed by atoms with Crippen molar-refractivity contribution in [2.75, 3.05) is 7.11 Å². The van der Waals surface area contributed by atoms with E-state index in [0.717, 1.165) is 5.56 Å². The normalized spacial score (nSPS) is 12.1. The Hall–Kier alpha value is -2.87. The zero-order valence-electron chi connectivity index (χ0n) is 15.0. The van der Waals surface area contributed by atoms with Crippen LogP contribution in [0.15, 0.2) is 59.5 Å². The molecule has 0 aliphatic carbocycles. The van der Waals surface area contributed by atoms with Gasteiger partial charge >= 0.3 is 16.1 Å². The van der Waals surface area contributed by atoms with Gasteiger partial charge in [0.1, 0.15) is 10.6 Å². The van der Waals surface area contributed by atoms with E-state index in [-0.39, 0.29) is 23.0 Å². The van der Waals surface area contributed by atoms with Crippen molar-refractivity contribution in [2.45, 2.75) is 30.7 Å². The number of nitrogens with one attached hydrogen (secondary N) is 1. The molecule has 0 heterocycles. The first kappa shape index (κ1) is 20.4. The van der Waals surface area contributed by atoms with Gasteiger partial charge < -0.3 is 14.2 Å². The van der Waals surface area contributed by atoms with Gasteiger partial charge in [-0.2, -0.15) is 8.42 Å². The summed E-state index contributed by atoms with van der Waals surface area (Å²) < 4.78 is 34.2. The first-order valence-corrected chi connectivity index (χ1v) is 9.63. The molecule has 2 rings (SSSR count). The van der Waals surface area contributed by atoms with Crippen molar-refractivity contribution < 1.29 is 26.9 Å². The third kappa shape index (κ3) is 6.41. The molecule has 144 valence electrons. The van der Waals surface area contributed by atoms with Crippen LogP contribution in [0.1, 0.15) is 18.9 Å². The Kier molecular flexibility index (Phi) is 6.95. The summed E-state index contributed by atoms with van der Waals surface area (Å²) >= 11 is 0. The van der Waals surface area contributed by atoms with E-state index in [1.165, 1.54) is 38.3 Å². The quantitative estimate of drug-likeness (QED) is 0.546. The largest absolute Gasteiger partial charge is 0.469 e. The molecule has 0 aromatic heterocycles. The lowest BCUT2D eigenvalue weighted by atomic mass is 10.0. The number of benzene rings is 2. The van der Waals surface area contributed by atoms with Crippen molar-refractivity contribution in [2.24, 2.45) is 0 Å². The third-order valence-electron chi connectivity index (χ3n) is 3.69. The molecule has 7 nitrogen and oxygen atoms in total. The van der Waals surface area contributed by atoms with Crippen molar-refractivity contribution in [1.29, 1.82) is 0 Å². The van der Waals surface area contributed by atoms with Crippen LogP contribution in [0.3, 0.4) is 0 Å². The van der Waals surface area contributed by atoms with Crippen molar-refractivity contribution in [3.8, 4) is 5.75 Å². The number of carbonyl (C=O) groups excluding carboxylic acids is 2. The first-order chi connectivity index (χ1) is 12.8. The Labute approximate surface area is 158 Å². The molecule has 1 N–H and O–H groups in total. The van der Waals surface area contributed by atoms with E-state index < -0.39 is 22.1 Å². The zero-order valence-corrected chi connectivity index (χ0v) is 15.9. The van der Waals surface area contributed by atoms with Gasteiger partial charge in [0.2, 0.25) is 5.91 Å². The zero-order chi connectivity index (χ0) is 19.9. The molecule has 2 aromatic carbocycles. The van der Waals surface area contributed by atoms with E-state index >= 15 is 0 Å². The summed E-state index contributed by atoms with van der Waals surface area (Å²) in [5.41, 5.74) is 0.808. The molecule has 1 amide bonds. The number of esters is 1. The van der Waals surface area contributed by atoms with Gasteiger partial charge in [-0.25, -0.2) is 0 Å². The Morgan fingerprint density at radius 3 is 2.22 bits per heavy atom. The lowest BCUT2D eigenvalue weighted by molar-refractivity contribution is -0.141. The minimum Gasteiger partial charge on any atom is -0.469 e. The molecule has 0 bridgehead atoms. The van der Waals surface area contributed by atoms with Crippen LogP contribution in [0.4, 0.5) is 0 Å². The molecule has 2 aromatic rings. The van der Waals surface area contributed by atoms with Gasteiger partial charge in [0.25, 0.3) is 0 Å². The Morgan fingerprint density at radius 1 is 1.04 bits per heavy atom. The number of hydrogen-bond donors (Lipinski definition) is 1. The van der Waals surface area contributed by atoms with Crippen molar-refractivity contribution >= 4 is 22.0 Å². The highest BCUT2D eigenvalue weighted by molar-refractivity contribution is 7.87. The van der Waals surface area contributed by atoms with Gasteiger partial charge in [-0.1, -0.05) is 30.3 Å². The topological polar surface area (TPSA) is 98.8 Å². The van der Waals surface area contributed by atoms with Crippen LogP contribution < -0.4 is 9.50 Å². The summed E-state index contributed by atoms with van der Waals surface area (Å²) in [7, 11) is -2.62. The maximum Gasteiger partial charge on any atom is 0.339 e. The summed E-state index contributed by atoms with van der Waals surface area (Å²) in [6.07, 6.45) is 0.428. The highest BCUT2D eigenvalue weighted by Crippen LogP contribution is 2.20. The molecule has 0 radical (unpaired) electrons. The monoisotopic (exact) mass is 391 g/mol. The second-order valence-corrected chi connectivity index (χ2v) is 7.42. The molecule has 27 heavy (non-hydrogen) atoms. The molecule has 0 aliphatic rings. The van der Waals surface area contributed by atoms with Crippen molar-refractivity contribution in [1.82, 2.24) is 5.32 Å². The Morgan fingerprint density at radius 2 is 1.67 bits per heavy atom. The summed E-state index contributed by atoms with van der Waals surface area (Å²) in [6.45, 7) is 1.37. The SMILES string of the molecule is COC(=O)CC(Cc1ccc(OS(=O)(=O)c2ccccc2)cc1)NC(C)=O. The van der Waals surface area contributed by atoms with E-state index in [4.69, 9.17) is 4.18 Å². The van der Waals surface area contributed by atoms with Gasteiger partial charge in [-0.05, 0) is 36.2 Å². The van der Waals surface area contributed by atoms with Crippen LogP contribution in [0.25, 0.3) is 0 Å². The van der Waals surface area contributed by atoms with Crippen LogP contribution in [-0.4, -0.2) is 33.4 Å². The molecule has 8 heteroatoms. The average Bonchev–Trinajstić information content (AvgIpc) is 2.63. The average molecular weight is 391 g/mol. The fraction of sp³-hybridized carbons (Fsp3) is 0.263. The number of rotatable bonds is 8. The second-order valence-electron chi connectivity index (χ2n) is 5.88. The fourth-order valence-electron chi connectivity index (χ4n) is 2.47. The number of amides is 1. The van der Waals surface area contributed by atoms with Crippen molar-refractivity contribution in [3.05, 3.63) is 60.2 Å². The van der Waals surface area contributed by atoms with E-state index in [1.807, 2.05) is 0 Å². The molecular formula is C19H21NO6S. The molecule has 0 saturated carbocycles. The minimum absolute atomic E-state index is 0.0384. The van der Waals surface area contributed by atoms with E-state index in [0.29, 0.717) is 6.42 Å². The standard InChI is InChI=1S/C19H21NO6S/c1-14(21)20-16(13-19(22)25-2)12-15-8-10-17(11-9-15)26-27(23,24)18-6-4-3-5-7-18/h3-11,16H,12-13H2,1-2H3,(H,20,21). The van der Waals surface area contributed by atoms with Gasteiger partial charge in [0.05, 0.1) is 13.5 Å². The summed E-state index contributed by atoms with van der Waals surface area (Å²) in [4.78, 5) is 22.9. The van der Waals surface area contributed by atoms with E-state index in [1.54, 1.807) is 30.3 Å². The predicted octanol–water partition coefficient (Wildman–Crippen LogP) is 2.06. The molecule has 0 saturated heterocycles. The van der Waals surface area contributed by atoms with Crippen LogP contribution >= 0.6 is 0 Å². The van der Waals surface area contributed by atoms with E-state index in [9.17, 15) is 18.0 Å². The maximum absolute atomic E-state index is 12.2. The van der Waals surface area contributed by atoms with Crippen LogP contribution in [0, 0.1) is 0 Å². The molecule has 1 atom stereocenters. The summed E-state index contributed by atoms with van der Waals surface area (Å²) in [5, 5.41) is 2.70. The van der Waals surface area contributed by atoms with Crippen LogP contribution in [-0.2, 0) is 30.9 Å². The Bertz CT molecular complexity index is 878. The maximum atomic E-state index is 12.2. The van der Waals surface area contributed by atoms with Gasteiger partial charge in [-0.3, -0.25) is 9.59 Å². The lowest BCUT2D eigenvalue weighted by Crippen LogP contribution is -2.36. The van der Waals surface area contributed by atoms with Crippen LogP contribution in [0.2, 0.25) is 0 Å². The van der Waals surface area contributed by atoms with E-state index in [2.05, 4.69) is 10.1 Å². The Balaban J connectivity index is 2.07. The number of carbonyl (C=O) groups is 2. The highest BCUT2D eigenvalue weighted by Gasteiger charge is 2.18. The fourth-order valence-corrected chi connectivity index (χ4v) is 3.42. The number of ether oxygens (including phenoxy) is 1. The first-order valence-electron chi connectivity index (χ1n) is 8.22. The predicted molar refractivity (Wildman–Crippen MR) is 98.6 cm³/mol. The molecule has 1 unspecified atom stereocenters. The van der Waals surface area contributed by atoms with Gasteiger partial charge in [0.15, 0.2) is 0 Å². The summed E-state index contributed by atoms with van der Waals surface area (Å²) in [6, 6.07) is 13.8. The third-order valence-corrected chi connectivity index (χ3v) is 4.95. The molecule has 0 aliphatic heterocycles. The summed E-state index contributed by atoms with van der Waals surface area (Å²) in [5.74, 6) is -0.507. The lowest BCUT2D eigenvalue weighted by Gasteiger charge is -2.17. The van der Waals surface area contributed by atoms with Crippen molar-refractivity contribution in [3.63, 3.8) is 0 Å². The van der Waals surface area contributed by atoms with Gasteiger partial charge in [0, 0.05) is 13.0 Å². The molecule has 0 fully saturated rings. The highest BCUT2D eigenvalue weighted by atomic mass is 32.2. The number of hydrogen-bond acceptors (Lipinski definition) is 6. The second kappa shape index (κ2) is 9.18. The minimum atomic E-state index is -3.90. The van der Waals surface area contributed by atoms with Gasteiger partial charge in [-0.15, -0.1) is 0 Å². The molecule has 0 spiro atoms. The number of methoxy groups -OCH3 is 1. The molecular weight excluding hydrogens is 370 g/mol. The smallest absolute Gasteiger partial charge is 0.339 e.